The van der Waals surface area contributed by atoms with Crippen molar-refractivity contribution in [3.05, 3.63) is 64.2 Å². The summed E-state index contributed by atoms with van der Waals surface area (Å²) in [7, 11) is 0. The molecule has 0 saturated carbocycles. The minimum atomic E-state index is -0.464. The van der Waals surface area contributed by atoms with Crippen molar-refractivity contribution in [3.63, 3.8) is 0 Å². The zero-order valence-corrected chi connectivity index (χ0v) is 13.4. The zero-order valence-electron chi connectivity index (χ0n) is 13.4. The monoisotopic (exact) mass is 325 g/mol. The molecule has 24 heavy (non-hydrogen) atoms. The smallest absolute Gasteiger partial charge is 0.293 e. The second-order valence-corrected chi connectivity index (χ2v) is 6.13. The quantitative estimate of drug-likeness (QED) is 0.685. The van der Waals surface area contributed by atoms with Gasteiger partial charge in [-0.25, -0.2) is 0 Å². The molecule has 1 unspecified atom stereocenters. The summed E-state index contributed by atoms with van der Waals surface area (Å²) < 4.78 is 0. The number of hydrogen-bond acceptors (Lipinski definition) is 4. The van der Waals surface area contributed by atoms with E-state index >= 15 is 0 Å². The molecule has 0 aromatic heterocycles. The number of hydrogen-bond donors (Lipinski definition) is 1. The van der Waals surface area contributed by atoms with E-state index in [0.29, 0.717) is 30.3 Å². The number of benzene rings is 2. The number of likely N-dealkylation sites (tertiary alicyclic amines) is 1. The van der Waals surface area contributed by atoms with Crippen molar-refractivity contribution < 1.29 is 9.72 Å². The molecule has 1 amide bonds. The second-order valence-electron chi connectivity index (χ2n) is 6.13. The lowest BCUT2D eigenvalue weighted by molar-refractivity contribution is -0.383. The third-order valence-electron chi connectivity index (χ3n) is 4.21. The summed E-state index contributed by atoms with van der Waals surface area (Å²) in [4.78, 5) is 25.2. The Hall–Kier alpha value is -2.89. The number of nitrogens with zero attached hydrogens (tertiary/aromatic N) is 2. The van der Waals surface area contributed by atoms with Gasteiger partial charge in [0.15, 0.2) is 0 Å². The fraction of sp³-hybridized carbons (Fsp3) is 0.278. The van der Waals surface area contributed by atoms with Crippen molar-refractivity contribution >= 4 is 23.0 Å². The molecule has 1 heterocycles. The number of rotatable bonds is 4. The molecule has 0 spiro atoms. The Morgan fingerprint density at radius 1 is 1.25 bits per heavy atom. The van der Waals surface area contributed by atoms with Crippen molar-refractivity contribution in [1.82, 2.24) is 4.90 Å². The first-order valence-electron chi connectivity index (χ1n) is 7.94. The fourth-order valence-corrected chi connectivity index (χ4v) is 2.90. The maximum atomic E-state index is 12.5. The molecule has 6 heteroatoms. The van der Waals surface area contributed by atoms with E-state index in [-0.39, 0.29) is 11.6 Å². The first-order chi connectivity index (χ1) is 11.5. The Morgan fingerprint density at radius 3 is 2.62 bits per heavy atom. The average Bonchev–Trinajstić information content (AvgIpc) is 3.02. The number of nitro benzene ring substituents is 1. The Bertz CT molecular complexity index is 761. The van der Waals surface area contributed by atoms with E-state index < -0.39 is 4.92 Å². The van der Waals surface area contributed by atoms with Crippen LogP contribution in [0.5, 0.6) is 0 Å². The third-order valence-corrected chi connectivity index (χ3v) is 4.21. The van der Waals surface area contributed by atoms with Crippen LogP contribution in [-0.4, -0.2) is 28.8 Å². The largest absolute Gasteiger partial charge is 0.350 e. The molecule has 0 bridgehead atoms. The molecule has 1 saturated heterocycles. The summed E-state index contributed by atoms with van der Waals surface area (Å²) in [5, 5.41) is 14.4. The molecule has 1 fully saturated rings. The van der Waals surface area contributed by atoms with Gasteiger partial charge in [0.1, 0.15) is 5.69 Å². The van der Waals surface area contributed by atoms with Gasteiger partial charge in [0, 0.05) is 30.4 Å². The first-order valence-corrected chi connectivity index (χ1v) is 7.94. The summed E-state index contributed by atoms with van der Waals surface area (Å²) in [6.45, 7) is 3.51. The molecule has 1 aliphatic heterocycles. The number of amides is 1. The van der Waals surface area contributed by atoms with E-state index in [9.17, 15) is 14.9 Å². The Labute approximate surface area is 140 Å². The summed E-state index contributed by atoms with van der Waals surface area (Å²) in [6, 6.07) is 13.8. The number of carbonyl (C=O) groups excluding carboxylic acids is 1. The van der Waals surface area contributed by atoms with Crippen molar-refractivity contribution in [3.8, 4) is 0 Å². The predicted octanol–water partition coefficient (Wildman–Crippen LogP) is 3.82. The normalized spacial score (nSPS) is 16.9. The average molecular weight is 325 g/mol. The second kappa shape index (κ2) is 6.70. The minimum absolute atomic E-state index is 0.100. The first kappa shape index (κ1) is 16.0. The van der Waals surface area contributed by atoms with Crippen LogP contribution in [0.25, 0.3) is 0 Å². The van der Waals surface area contributed by atoms with Gasteiger partial charge in [0.25, 0.3) is 11.6 Å². The predicted molar refractivity (Wildman–Crippen MR) is 92.5 cm³/mol. The lowest BCUT2D eigenvalue weighted by atomic mass is 10.1. The van der Waals surface area contributed by atoms with E-state index in [0.717, 1.165) is 12.1 Å². The van der Waals surface area contributed by atoms with Gasteiger partial charge < -0.3 is 10.2 Å². The standard InChI is InChI=1S/C18H19N3O3/c1-13-9-10-20(12-13)18(22)14-7-8-16(17(11-14)21(23)24)19-15-5-3-2-4-6-15/h2-8,11,13,19H,9-10,12H2,1H3. The summed E-state index contributed by atoms with van der Waals surface area (Å²) in [6.07, 6.45) is 0.974. The maximum absolute atomic E-state index is 12.5. The molecule has 1 atom stereocenters. The van der Waals surface area contributed by atoms with Crippen LogP contribution in [-0.2, 0) is 0 Å². The van der Waals surface area contributed by atoms with E-state index in [1.54, 1.807) is 17.0 Å². The van der Waals surface area contributed by atoms with Gasteiger partial charge in [-0.2, -0.15) is 0 Å². The molecular formula is C18H19N3O3. The fourth-order valence-electron chi connectivity index (χ4n) is 2.90. The molecule has 3 rings (SSSR count). The molecule has 1 aliphatic rings. The molecule has 0 aliphatic carbocycles. The zero-order chi connectivity index (χ0) is 17.1. The van der Waals surface area contributed by atoms with Gasteiger partial charge in [-0.15, -0.1) is 0 Å². The summed E-state index contributed by atoms with van der Waals surface area (Å²) in [5.74, 6) is 0.330. The van der Waals surface area contributed by atoms with Crippen LogP contribution in [0.2, 0.25) is 0 Å². The van der Waals surface area contributed by atoms with Crippen LogP contribution in [0.1, 0.15) is 23.7 Å². The van der Waals surface area contributed by atoms with Crippen LogP contribution in [0.15, 0.2) is 48.5 Å². The highest BCUT2D eigenvalue weighted by Gasteiger charge is 2.26. The van der Waals surface area contributed by atoms with Crippen molar-refractivity contribution in [2.45, 2.75) is 13.3 Å². The summed E-state index contributed by atoms with van der Waals surface area (Å²) >= 11 is 0. The van der Waals surface area contributed by atoms with Crippen LogP contribution in [0.4, 0.5) is 17.1 Å². The Morgan fingerprint density at radius 2 is 2.00 bits per heavy atom. The van der Waals surface area contributed by atoms with Crippen molar-refractivity contribution in [2.75, 3.05) is 18.4 Å². The molecule has 1 N–H and O–H groups in total. The Balaban J connectivity index is 1.87. The van der Waals surface area contributed by atoms with E-state index in [1.807, 2.05) is 30.3 Å². The highest BCUT2D eigenvalue weighted by atomic mass is 16.6. The molecule has 124 valence electrons. The maximum Gasteiger partial charge on any atom is 0.293 e. The van der Waals surface area contributed by atoms with Gasteiger partial charge in [0.05, 0.1) is 4.92 Å². The van der Waals surface area contributed by atoms with E-state index in [4.69, 9.17) is 0 Å². The highest BCUT2D eigenvalue weighted by molar-refractivity contribution is 5.96. The van der Waals surface area contributed by atoms with Crippen LogP contribution >= 0.6 is 0 Å². The highest BCUT2D eigenvalue weighted by Crippen LogP contribution is 2.29. The number of para-hydroxylation sites is 1. The van der Waals surface area contributed by atoms with Gasteiger partial charge in [0.2, 0.25) is 0 Å². The molecular weight excluding hydrogens is 306 g/mol. The van der Waals surface area contributed by atoms with Crippen LogP contribution in [0, 0.1) is 16.0 Å². The summed E-state index contributed by atoms with van der Waals surface area (Å²) in [5.41, 5.74) is 1.39. The molecule has 2 aromatic carbocycles. The molecule has 2 aromatic rings. The number of carbonyl (C=O) groups is 1. The third kappa shape index (κ3) is 3.37. The van der Waals surface area contributed by atoms with Gasteiger partial charge in [-0.3, -0.25) is 14.9 Å². The van der Waals surface area contributed by atoms with Gasteiger partial charge in [-0.1, -0.05) is 25.1 Å². The lowest BCUT2D eigenvalue weighted by Crippen LogP contribution is -2.28. The number of nitrogens with one attached hydrogen (secondary N) is 1. The topological polar surface area (TPSA) is 75.5 Å². The molecule has 6 nitrogen and oxygen atoms in total. The van der Waals surface area contributed by atoms with Crippen molar-refractivity contribution in [2.24, 2.45) is 5.92 Å². The molecule has 0 radical (unpaired) electrons. The van der Waals surface area contributed by atoms with Crippen LogP contribution < -0.4 is 5.32 Å². The lowest BCUT2D eigenvalue weighted by Gasteiger charge is -2.16. The van der Waals surface area contributed by atoms with Gasteiger partial charge in [-0.05, 0) is 36.6 Å². The van der Waals surface area contributed by atoms with E-state index in [2.05, 4.69) is 12.2 Å². The number of anilines is 2. The SMILES string of the molecule is CC1CCN(C(=O)c2ccc(Nc3ccccc3)c([N+](=O)[O-])c2)C1. The number of nitro groups is 1. The Kier molecular flexibility index (Phi) is 4.46. The van der Waals surface area contributed by atoms with Gasteiger partial charge >= 0.3 is 0 Å². The minimum Gasteiger partial charge on any atom is -0.350 e. The van der Waals surface area contributed by atoms with Crippen molar-refractivity contribution in [1.29, 1.82) is 0 Å². The van der Waals surface area contributed by atoms with E-state index in [1.165, 1.54) is 6.07 Å². The van der Waals surface area contributed by atoms with Crippen LogP contribution in [0.3, 0.4) is 0 Å².